The summed E-state index contributed by atoms with van der Waals surface area (Å²) in [6.07, 6.45) is -0.735. The van der Waals surface area contributed by atoms with Crippen molar-refractivity contribution in [1.82, 2.24) is 19.9 Å². The number of rotatable bonds is 9. The first kappa shape index (κ1) is 27.9. The Morgan fingerprint density at radius 1 is 1.30 bits per heavy atom. The summed E-state index contributed by atoms with van der Waals surface area (Å²) in [7, 11) is 4.52. The zero-order valence-corrected chi connectivity index (χ0v) is 21.2. The summed E-state index contributed by atoms with van der Waals surface area (Å²) in [6.45, 7) is 0.970. The zero-order valence-electron chi connectivity index (χ0n) is 20.4. The summed E-state index contributed by atoms with van der Waals surface area (Å²) < 4.78 is 60.3. The number of amides is 1. The second kappa shape index (κ2) is 11.6. The summed E-state index contributed by atoms with van der Waals surface area (Å²) in [5.74, 6) is -2.48. The molecule has 1 aromatic carbocycles. The van der Waals surface area contributed by atoms with E-state index in [0.717, 1.165) is 6.07 Å². The molecule has 2 heterocycles. The highest BCUT2D eigenvalue weighted by Gasteiger charge is 2.38. The van der Waals surface area contributed by atoms with Crippen LogP contribution < -0.4 is 15.8 Å². The number of pyridine rings is 1. The van der Waals surface area contributed by atoms with E-state index in [1.807, 2.05) is 0 Å². The molecule has 3 rings (SSSR count). The number of carbonyl (C=O) groups is 1. The molecule has 0 spiro atoms. The van der Waals surface area contributed by atoms with Gasteiger partial charge in [0.15, 0.2) is 29.2 Å². The lowest BCUT2D eigenvalue weighted by molar-refractivity contribution is -0.130. The average Bonchev–Trinajstić information content (AvgIpc) is 2.85. The van der Waals surface area contributed by atoms with Gasteiger partial charge in [-0.2, -0.15) is 0 Å². The van der Waals surface area contributed by atoms with Gasteiger partial charge in [0.25, 0.3) is 12.3 Å². The van der Waals surface area contributed by atoms with Crippen LogP contribution in [0.15, 0.2) is 35.6 Å². The number of benzene rings is 1. The zero-order chi connectivity index (χ0) is 27.3. The quantitative estimate of drug-likeness (QED) is 0.240. The molecule has 0 saturated heterocycles. The highest BCUT2D eigenvalue weighted by atomic mass is 32.2. The number of amidine groups is 1. The monoisotopic (exact) mass is 539 g/mol. The Labute approximate surface area is 214 Å². The summed E-state index contributed by atoms with van der Waals surface area (Å²) >= 11 is 0.587. The fourth-order valence-corrected chi connectivity index (χ4v) is 4.04. The molecule has 0 aliphatic rings. The first-order chi connectivity index (χ1) is 17.4. The van der Waals surface area contributed by atoms with E-state index in [1.165, 1.54) is 37.3 Å². The summed E-state index contributed by atoms with van der Waals surface area (Å²) in [5.41, 5.74) is 6.02. The van der Waals surface area contributed by atoms with Crippen molar-refractivity contribution in [3.05, 3.63) is 47.8 Å². The third-order valence-corrected chi connectivity index (χ3v) is 6.39. The van der Waals surface area contributed by atoms with Crippen molar-refractivity contribution in [1.29, 1.82) is 0 Å². The molecule has 0 aliphatic carbocycles. The lowest BCUT2D eigenvalue weighted by Crippen LogP contribution is -2.36. The van der Waals surface area contributed by atoms with E-state index in [0.29, 0.717) is 17.3 Å². The van der Waals surface area contributed by atoms with Gasteiger partial charge in [-0.1, -0.05) is 11.8 Å². The van der Waals surface area contributed by atoms with Crippen molar-refractivity contribution in [2.75, 3.05) is 33.1 Å². The topological polar surface area (TPSA) is 119 Å². The minimum atomic E-state index is -2.91. The fourth-order valence-electron chi connectivity index (χ4n) is 3.16. The Balaban J connectivity index is 1.90. The van der Waals surface area contributed by atoms with Crippen LogP contribution >= 0.6 is 11.8 Å². The van der Waals surface area contributed by atoms with Gasteiger partial charge in [-0.15, -0.1) is 0 Å². The lowest BCUT2D eigenvalue weighted by atomic mass is 9.99. The van der Waals surface area contributed by atoms with Gasteiger partial charge in [-0.3, -0.25) is 9.79 Å². The van der Waals surface area contributed by atoms with Crippen LogP contribution in [0.1, 0.15) is 12.5 Å². The highest BCUT2D eigenvalue weighted by Crippen LogP contribution is 2.37. The minimum Gasteiger partial charge on any atom is -0.466 e. The molecule has 2 aromatic heterocycles. The predicted molar refractivity (Wildman–Crippen MR) is 134 cm³/mol. The number of nitrogens with two attached hydrogens (primary N) is 1. The Hall–Kier alpha value is -3.68. The first-order valence-electron chi connectivity index (χ1n) is 10.8. The number of halogens is 4. The van der Waals surface area contributed by atoms with E-state index < -0.39 is 29.2 Å². The van der Waals surface area contributed by atoms with Gasteiger partial charge in [0.05, 0.1) is 16.5 Å². The molecule has 3 aromatic rings. The van der Waals surface area contributed by atoms with Crippen LogP contribution in [0.25, 0.3) is 11.0 Å². The number of nitrogens with zero attached hydrogens (tertiary/aromatic N) is 5. The molecule has 1 atom stereocenters. The molecule has 1 amide bonds. The number of nitrogens with one attached hydrogen (secondary N) is 1. The summed E-state index contributed by atoms with van der Waals surface area (Å²) in [5, 5.41) is 2.74. The van der Waals surface area contributed by atoms with Crippen LogP contribution in [0.5, 0.6) is 5.88 Å². The molecule has 0 bridgehead atoms. The van der Waals surface area contributed by atoms with Crippen LogP contribution in [0.2, 0.25) is 0 Å². The number of likely N-dealkylation sites (N-methyl/N-ethyl adjacent to an activating group) is 1. The minimum absolute atomic E-state index is 0.0614. The number of fused-ring (bicyclic) bond motifs is 1. The Bertz CT molecular complexity index is 1330. The maximum atomic E-state index is 14.6. The van der Waals surface area contributed by atoms with E-state index in [2.05, 4.69) is 25.3 Å². The van der Waals surface area contributed by atoms with Crippen LogP contribution in [0, 0.1) is 11.6 Å². The number of hydrogen-bond acceptors (Lipinski definition) is 8. The highest BCUT2D eigenvalue weighted by molar-refractivity contribution is 8.15. The molecular weight excluding hydrogens is 514 g/mol. The fraction of sp³-hybridized carbons (Fsp3) is 0.348. The number of hydrogen-bond donors (Lipinski definition) is 2. The predicted octanol–water partition coefficient (Wildman–Crippen LogP) is 3.76. The van der Waals surface area contributed by atoms with E-state index >= 15 is 0 Å². The number of carbonyl (C=O) groups excluding carboxylic acids is 1. The Morgan fingerprint density at radius 2 is 2.03 bits per heavy atom. The number of alkyl halides is 2. The number of anilines is 2. The smallest absolute Gasteiger partial charge is 0.260 e. The molecular formula is C23H25F4N7O2S. The maximum absolute atomic E-state index is 14.6. The Kier molecular flexibility index (Phi) is 8.73. The molecule has 9 nitrogen and oxygen atoms in total. The van der Waals surface area contributed by atoms with Gasteiger partial charge >= 0.3 is 0 Å². The summed E-state index contributed by atoms with van der Waals surface area (Å²) in [4.78, 5) is 29.5. The molecule has 37 heavy (non-hydrogen) atoms. The molecule has 0 radical (unpaired) electrons. The van der Waals surface area contributed by atoms with Gasteiger partial charge in [0, 0.05) is 39.1 Å². The van der Waals surface area contributed by atoms with Crippen molar-refractivity contribution >= 4 is 45.4 Å². The molecule has 0 saturated carbocycles. The molecule has 0 aliphatic heterocycles. The third-order valence-electron chi connectivity index (χ3n) is 5.21. The van der Waals surface area contributed by atoms with Crippen LogP contribution in [0.4, 0.5) is 29.1 Å². The second-order valence-corrected chi connectivity index (χ2v) is 9.88. The molecule has 3 N–H and O–H groups in total. The van der Waals surface area contributed by atoms with Crippen LogP contribution in [-0.2, 0) is 11.2 Å². The van der Waals surface area contributed by atoms with Crippen molar-refractivity contribution in [2.24, 2.45) is 10.7 Å². The van der Waals surface area contributed by atoms with E-state index in [9.17, 15) is 22.4 Å². The number of aromatic nitrogens is 3. The van der Waals surface area contributed by atoms with E-state index in [4.69, 9.17) is 10.5 Å². The van der Waals surface area contributed by atoms with Gasteiger partial charge in [-0.25, -0.2) is 32.5 Å². The molecule has 0 fully saturated rings. The normalized spacial score (nSPS) is 13.5. The van der Waals surface area contributed by atoms with Crippen molar-refractivity contribution in [2.45, 2.75) is 24.5 Å². The first-order valence-corrected chi connectivity index (χ1v) is 11.6. The number of aliphatic imine (C=N–C) groups is 1. The largest absolute Gasteiger partial charge is 0.466 e. The summed E-state index contributed by atoms with van der Waals surface area (Å²) in [6, 6.07) is 3.65. The van der Waals surface area contributed by atoms with E-state index in [1.54, 1.807) is 20.2 Å². The van der Waals surface area contributed by atoms with Crippen molar-refractivity contribution < 1.29 is 27.1 Å². The van der Waals surface area contributed by atoms with E-state index in [-0.39, 0.29) is 46.1 Å². The van der Waals surface area contributed by atoms with Crippen LogP contribution in [-0.4, -0.2) is 69.8 Å². The number of thioether (sulfide) groups is 1. The molecule has 198 valence electrons. The Morgan fingerprint density at radius 3 is 2.68 bits per heavy atom. The van der Waals surface area contributed by atoms with Gasteiger partial charge in [0.2, 0.25) is 5.88 Å². The van der Waals surface area contributed by atoms with Crippen LogP contribution in [0.3, 0.4) is 0 Å². The standard InChI is InChI=1S/C23H25F4N7O2S/c1-23(21(26)27,37-22(28)29-2)9-12-7-13(8-14(24)18(12)25)32-20-19-15(5-6-30-20)33-16(10-31-19)36-11-17(35)34(3)4/h5-8,10,21H,9,11H2,1-4H3,(H2,28,29)(H,30,32)/t23-/m1/s1. The maximum Gasteiger partial charge on any atom is 0.260 e. The lowest BCUT2D eigenvalue weighted by Gasteiger charge is -2.28. The van der Waals surface area contributed by atoms with Gasteiger partial charge in [-0.05, 0) is 31.0 Å². The number of ether oxygens (including phenoxy) is 1. The third kappa shape index (κ3) is 6.76. The van der Waals surface area contributed by atoms with Crippen molar-refractivity contribution in [3.63, 3.8) is 0 Å². The van der Waals surface area contributed by atoms with Gasteiger partial charge < -0.3 is 20.7 Å². The van der Waals surface area contributed by atoms with Crippen molar-refractivity contribution in [3.8, 4) is 5.88 Å². The average molecular weight is 540 g/mol. The second-order valence-electron chi connectivity index (χ2n) is 8.32. The molecule has 14 heteroatoms. The van der Waals surface area contributed by atoms with Gasteiger partial charge in [0.1, 0.15) is 5.52 Å². The SMILES string of the molecule is CN=C(N)S[C@](C)(Cc1cc(Nc2nccc3nc(OCC(=O)N(C)C)cnc23)cc(F)c1F)C(F)F. The molecule has 0 unspecified atom stereocenters.